The maximum Gasteiger partial charge on any atom is 0.261 e. The average Bonchev–Trinajstić information content (AvgIpc) is 3.09. The van der Waals surface area contributed by atoms with Crippen LogP contribution in [0.1, 0.15) is 30.5 Å². The van der Waals surface area contributed by atoms with Crippen LogP contribution in [0.3, 0.4) is 0 Å². The Morgan fingerprint density at radius 1 is 1.00 bits per heavy atom. The summed E-state index contributed by atoms with van der Waals surface area (Å²) in [5, 5.41) is 9.97. The fraction of sp³-hybridized carbons (Fsp3) is 0.324. The first-order chi connectivity index (χ1) is 22.5. The van der Waals surface area contributed by atoms with Crippen LogP contribution in [0.25, 0.3) is 0 Å². The van der Waals surface area contributed by atoms with Crippen LogP contribution in [-0.2, 0) is 27.8 Å². The number of carbonyl (C=O) groups excluding carboxylic acids is 1. The number of ether oxygens (including phenoxy) is 2. The van der Waals surface area contributed by atoms with Crippen molar-refractivity contribution < 1.29 is 27.8 Å². The summed E-state index contributed by atoms with van der Waals surface area (Å²) in [6.07, 6.45) is -0.291. The lowest BCUT2D eigenvalue weighted by atomic mass is 10.0. The molecule has 0 fully saturated rings. The Morgan fingerprint density at radius 3 is 2.36 bits per heavy atom. The molecular formula is C37H43N3O6S. The van der Waals surface area contributed by atoms with Gasteiger partial charge in [0.15, 0.2) is 0 Å². The third kappa shape index (κ3) is 8.91. The molecule has 9 nitrogen and oxygen atoms in total. The Hall–Kier alpha value is -4.38. The predicted molar refractivity (Wildman–Crippen MR) is 183 cm³/mol. The molecule has 1 aliphatic heterocycles. The van der Waals surface area contributed by atoms with Crippen molar-refractivity contribution >= 4 is 21.6 Å². The lowest BCUT2D eigenvalue weighted by Gasteiger charge is -2.34. The normalized spacial score (nSPS) is 17.6. The van der Waals surface area contributed by atoms with E-state index in [4.69, 9.17) is 9.47 Å². The lowest BCUT2D eigenvalue weighted by Crippen LogP contribution is -2.47. The van der Waals surface area contributed by atoms with Gasteiger partial charge in [0, 0.05) is 36.8 Å². The van der Waals surface area contributed by atoms with Crippen molar-refractivity contribution in [3.05, 3.63) is 114 Å². The van der Waals surface area contributed by atoms with Gasteiger partial charge in [-0.05, 0) is 81.1 Å². The number of hydrogen-bond acceptors (Lipinski definition) is 7. The Bertz CT molecular complexity index is 1750. The standard InChI is InChI=1S/C37H43N3O6S/c1-26-10-17-34(18-11-26)47(43,44)38-31-14-19-35-30(20-31)21-37(42)40(28(3)25-41)22-27(2)36(46-35)24-39(4)23-29-12-15-33(16-13-29)45-32-8-6-5-7-9-32/h5-20,27-28,36,38,41H,21-25H2,1-4H3/t27-,28-,36-/m0/s1. The molecule has 0 unspecified atom stereocenters. The summed E-state index contributed by atoms with van der Waals surface area (Å²) in [4.78, 5) is 17.6. The maximum absolute atomic E-state index is 13.6. The number of carbonyl (C=O) groups is 1. The van der Waals surface area contributed by atoms with Crippen LogP contribution >= 0.6 is 0 Å². The molecule has 0 radical (unpaired) electrons. The molecule has 1 heterocycles. The van der Waals surface area contributed by atoms with Crippen molar-refractivity contribution in [1.29, 1.82) is 0 Å². The van der Waals surface area contributed by atoms with Crippen LogP contribution in [0.4, 0.5) is 5.69 Å². The fourth-order valence-electron chi connectivity index (χ4n) is 5.61. The summed E-state index contributed by atoms with van der Waals surface area (Å²) < 4.78 is 41.4. The van der Waals surface area contributed by atoms with Crippen molar-refractivity contribution in [3.63, 3.8) is 0 Å². The number of aliphatic hydroxyl groups is 1. The number of sulfonamides is 1. The zero-order valence-electron chi connectivity index (χ0n) is 27.3. The van der Waals surface area contributed by atoms with Crippen LogP contribution in [0, 0.1) is 12.8 Å². The number of amides is 1. The van der Waals surface area contributed by atoms with E-state index in [0.29, 0.717) is 36.6 Å². The fourth-order valence-corrected chi connectivity index (χ4v) is 6.66. The van der Waals surface area contributed by atoms with E-state index in [1.165, 1.54) is 0 Å². The molecule has 0 bridgehead atoms. The monoisotopic (exact) mass is 657 g/mol. The Balaban J connectivity index is 1.34. The molecule has 10 heteroatoms. The molecule has 47 heavy (non-hydrogen) atoms. The summed E-state index contributed by atoms with van der Waals surface area (Å²) in [5.41, 5.74) is 2.98. The summed E-state index contributed by atoms with van der Waals surface area (Å²) in [5.74, 6) is 1.85. The largest absolute Gasteiger partial charge is 0.488 e. The van der Waals surface area contributed by atoms with E-state index in [2.05, 4.69) is 9.62 Å². The second-order valence-electron chi connectivity index (χ2n) is 12.4. The van der Waals surface area contributed by atoms with Crippen molar-refractivity contribution in [3.8, 4) is 17.2 Å². The van der Waals surface area contributed by atoms with Crippen LogP contribution in [0.5, 0.6) is 17.2 Å². The molecule has 2 N–H and O–H groups in total. The lowest BCUT2D eigenvalue weighted by molar-refractivity contribution is -0.134. The minimum Gasteiger partial charge on any atom is -0.488 e. The molecule has 3 atom stereocenters. The van der Waals surface area contributed by atoms with Crippen molar-refractivity contribution in [2.75, 3.05) is 31.5 Å². The third-order valence-corrected chi connectivity index (χ3v) is 9.74. The van der Waals surface area contributed by atoms with E-state index in [0.717, 1.165) is 22.6 Å². The van der Waals surface area contributed by atoms with Gasteiger partial charge in [-0.2, -0.15) is 0 Å². The first kappa shape index (κ1) is 34.0. The molecule has 5 rings (SSSR count). The minimum absolute atomic E-state index is 0.00640. The van der Waals surface area contributed by atoms with Gasteiger partial charge in [0.2, 0.25) is 5.91 Å². The number of nitrogens with zero attached hydrogens (tertiary/aromatic N) is 2. The van der Waals surface area contributed by atoms with Gasteiger partial charge in [-0.1, -0.05) is 55.0 Å². The molecular weight excluding hydrogens is 614 g/mol. The molecule has 0 spiro atoms. The van der Waals surface area contributed by atoms with Gasteiger partial charge in [-0.25, -0.2) is 8.42 Å². The number of fused-ring (bicyclic) bond motifs is 1. The van der Waals surface area contributed by atoms with E-state index in [1.54, 1.807) is 47.4 Å². The van der Waals surface area contributed by atoms with E-state index in [9.17, 15) is 18.3 Å². The van der Waals surface area contributed by atoms with Gasteiger partial charge in [0.25, 0.3) is 10.0 Å². The summed E-state index contributed by atoms with van der Waals surface area (Å²) in [7, 11) is -1.81. The highest BCUT2D eigenvalue weighted by molar-refractivity contribution is 7.92. The third-order valence-electron chi connectivity index (χ3n) is 8.35. The van der Waals surface area contributed by atoms with Crippen LogP contribution < -0.4 is 14.2 Å². The van der Waals surface area contributed by atoms with Gasteiger partial charge in [0.1, 0.15) is 23.4 Å². The van der Waals surface area contributed by atoms with Gasteiger partial charge >= 0.3 is 0 Å². The van der Waals surface area contributed by atoms with E-state index < -0.39 is 10.0 Å². The molecule has 0 aromatic heterocycles. The number of anilines is 1. The van der Waals surface area contributed by atoms with Gasteiger partial charge < -0.3 is 19.5 Å². The molecule has 4 aromatic rings. The number of hydrogen-bond donors (Lipinski definition) is 2. The SMILES string of the molecule is Cc1ccc(S(=O)(=O)Nc2ccc3c(c2)CC(=O)N([C@@H](C)CO)C[C@H](C)[C@H](CN(C)Cc2ccc(Oc4ccccc4)cc2)O3)cc1. The van der Waals surface area contributed by atoms with Crippen molar-refractivity contribution in [1.82, 2.24) is 9.80 Å². The zero-order valence-corrected chi connectivity index (χ0v) is 28.1. The van der Waals surface area contributed by atoms with E-state index in [-0.39, 0.29) is 41.9 Å². The number of rotatable bonds is 11. The van der Waals surface area contributed by atoms with Crippen LogP contribution in [0.15, 0.2) is 102 Å². The molecule has 1 amide bonds. The number of para-hydroxylation sites is 1. The highest BCUT2D eigenvalue weighted by Gasteiger charge is 2.31. The first-order valence-corrected chi connectivity index (χ1v) is 17.3. The van der Waals surface area contributed by atoms with Crippen molar-refractivity contribution in [2.45, 2.75) is 50.8 Å². The second kappa shape index (κ2) is 15.0. The first-order valence-electron chi connectivity index (χ1n) is 15.8. The van der Waals surface area contributed by atoms with E-state index >= 15 is 0 Å². The second-order valence-corrected chi connectivity index (χ2v) is 14.1. The Kier molecular flexibility index (Phi) is 10.9. The topological polar surface area (TPSA) is 108 Å². The average molecular weight is 658 g/mol. The molecule has 0 saturated carbocycles. The summed E-state index contributed by atoms with van der Waals surface area (Å²) in [6.45, 7) is 7.24. The Morgan fingerprint density at radius 2 is 1.68 bits per heavy atom. The number of aliphatic hydroxyl groups excluding tert-OH is 1. The maximum atomic E-state index is 13.6. The van der Waals surface area contributed by atoms with Crippen molar-refractivity contribution in [2.24, 2.45) is 5.92 Å². The van der Waals surface area contributed by atoms with Gasteiger partial charge in [-0.3, -0.25) is 14.4 Å². The smallest absolute Gasteiger partial charge is 0.261 e. The molecule has 0 aliphatic carbocycles. The number of likely N-dealkylation sites (N-methyl/N-ethyl adjacent to an activating group) is 1. The quantitative estimate of drug-likeness (QED) is 0.208. The van der Waals surface area contributed by atoms with Crippen LogP contribution in [-0.4, -0.2) is 68.1 Å². The Labute approximate surface area is 277 Å². The molecule has 248 valence electrons. The van der Waals surface area contributed by atoms with Gasteiger partial charge in [0.05, 0.1) is 24.0 Å². The van der Waals surface area contributed by atoms with Gasteiger partial charge in [-0.15, -0.1) is 0 Å². The minimum atomic E-state index is -3.84. The number of aryl methyl sites for hydroxylation is 1. The number of nitrogens with one attached hydrogen (secondary N) is 1. The summed E-state index contributed by atoms with van der Waals surface area (Å²) >= 11 is 0. The molecule has 0 saturated heterocycles. The zero-order chi connectivity index (χ0) is 33.6. The molecule has 1 aliphatic rings. The highest BCUT2D eigenvalue weighted by Crippen LogP contribution is 2.30. The summed E-state index contributed by atoms with van der Waals surface area (Å²) in [6, 6.07) is 28.9. The van der Waals surface area contributed by atoms with Crippen LogP contribution in [0.2, 0.25) is 0 Å². The predicted octanol–water partition coefficient (Wildman–Crippen LogP) is 5.87. The molecule has 4 aromatic carbocycles. The highest BCUT2D eigenvalue weighted by atomic mass is 32.2. The van der Waals surface area contributed by atoms with E-state index in [1.807, 2.05) is 82.4 Å². The number of benzene rings is 4.